The fourth-order valence-corrected chi connectivity index (χ4v) is 2.40. The Bertz CT molecular complexity index is 655. The van der Waals surface area contributed by atoms with E-state index in [0.717, 1.165) is 11.1 Å². The van der Waals surface area contributed by atoms with Crippen LogP contribution < -0.4 is 4.72 Å². The summed E-state index contributed by atoms with van der Waals surface area (Å²) in [4.78, 5) is 7.75. The first kappa shape index (κ1) is 14.4. The van der Waals surface area contributed by atoms with Crippen LogP contribution in [0.4, 0.5) is 0 Å². The van der Waals surface area contributed by atoms with Gasteiger partial charge in [0.15, 0.2) is 0 Å². The maximum atomic E-state index is 11.8. The highest BCUT2D eigenvalue weighted by Gasteiger charge is 2.04. The summed E-state index contributed by atoms with van der Waals surface area (Å²) in [6, 6.07) is 9.27. The van der Waals surface area contributed by atoms with Gasteiger partial charge in [-0.2, -0.15) is 0 Å². The number of nitrogens with zero attached hydrogens (tertiary/aromatic N) is 2. The molecule has 0 saturated heterocycles. The fourth-order valence-electron chi connectivity index (χ4n) is 1.58. The molecule has 1 heterocycles. The first-order valence-electron chi connectivity index (χ1n) is 6.12. The summed E-state index contributed by atoms with van der Waals surface area (Å²) in [7, 11) is -3.42. The zero-order valence-electron chi connectivity index (χ0n) is 10.8. The van der Waals surface area contributed by atoms with Gasteiger partial charge in [-0.1, -0.05) is 30.3 Å². The third-order valence-corrected chi connectivity index (χ3v) is 3.67. The minimum absolute atomic E-state index is 0.314. The van der Waals surface area contributed by atoms with Gasteiger partial charge in [0, 0.05) is 24.3 Å². The van der Waals surface area contributed by atoms with E-state index in [1.165, 1.54) is 11.7 Å². The van der Waals surface area contributed by atoms with Crippen LogP contribution in [0.3, 0.4) is 0 Å². The molecule has 0 atom stereocenters. The van der Waals surface area contributed by atoms with Crippen molar-refractivity contribution in [3.63, 3.8) is 0 Å². The molecule has 1 aromatic heterocycles. The molecule has 0 spiro atoms. The Morgan fingerprint density at radius 1 is 1.10 bits per heavy atom. The SMILES string of the molecule is O=S(=O)(C=Cc1ccccc1)NCCc1cncnc1. The summed E-state index contributed by atoms with van der Waals surface area (Å²) < 4.78 is 26.0. The molecule has 104 valence electrons. The molecule has 0 unspecified atom stereocenters. The molecule has 0 bridgehead atoms. The fraction of sp³-hybridized carbons (Fsp3) is 0.143. The molecule has 0 fully saturated rings. The number of aromatic nitrogens is 2. The van der Waals surface area contributed by atoms with Crippen molar-refractivity contribution in [1.29, 1.82) is 0 Å². The van der Waals surface area contributed by atoms with Crippen molar-refractivity contribution >= 4 is 16.1 Å². The minimum Gasteiger partial charge on any atom is -0.245 e. The average Bonchev–Trinajstić information content (AvgIpc) is 2.47. The molecule has 0 saturated carbocycles. The Hall–Kier alpha value is -2.05. The van der Waals surface area contributed by atoms with Crippen LogP contribution in [-0.4, -0.2) is 24.9 Å². The predicted octanol–water partition coefficient (Wildman–Crippen LogP) is 1.61. The van der Waals surface area contributed by atoms with E-state index in [0.29, 0.717) is 13.0 Å². The van der Waals surface area contributed by atoms with Gasteiger partial charge in [-0.3, -0.25) is 0 Å². The molecule has 5 nitrogen and oxygen atoms in total. The molecule has 0 radical (unpaired) electrons. The quantitative estimate of drug-likeness (QED) is 0.877. The molecule has 1 N–H and O–H groups in total. The van der Waals surface area contributed by atoms with Crippen molar-refractivity contribution in [2.24, 2.45) is 0 Å². The Morgan fingerprint density at radius 2 is 1.80 bits per heavy atom. The zero-order valence-corrected chi connectivity index (χ0v) is 11.6. The van der Waals surface area contributed by atoms with Crippen LogP contribution in [0, 0.1) is 0 Å². The third-order valence-electron chi connectivity index (χ3n) is 2.57. The normalized spacial score (nSPS) is 11.8. The summed E-state index contributed by atoms with van der Waals surface area (Å²) >= 11 is 0. The molecule has 0 aliphatic carbocycles. The van der Waals surface area contributed by atoms with Crippen LogP contribution in [0.2, 0.25) is 0 Å². The van der Waals surface area contributed by atoms with Gasteiger partial charge >= 0.3 is 0 Å². The smallest absolute Gasteiger partial charge is 0.233 e. The standard InChI is InChI=1S/C14H15N3O2S/c18-20(19,9-7-13-4-2-1-3-5-13)17-8-6-14-10-15-12-16-11-14/h1-5,7,9-12,17H,6,8H2. The van der Waals surface area contributed by atoms with E-state index in [2.05, 4.69) is 14.7 Å². The van der Waals surface area contributed by atoms with Crippen LogP contribution in [0.25, 0.3) is 6.08 Å². The molecule has 0 amide bonds. The van der Waals surface area contributed by atoms with E-state index in [9.17, 15) is 8.42 Å². The predicted molar refractivity (Wildman–Crippen MR) is 78.1 cm³/mol. The van der Waals surface area contributed by atoms with Crippen molar-refractivity contribution in [2.75, 3.05) is 6.54 Å². The maximum Gasteiger partial charge on any atom is 0.233 e. The summed E-state index contributed by atoms with van der Waals surface area (Å²) in [5.74, 6) is 0. The second-order valence-corrected chi connectivity index (χ2v) is 5.80. The lowest BCUT2D eigenvalue weighted by Gasteiger charge is -2.02. The summed E-state index contributed by atoms with van der Waals surface area (Å²) in [5, 5.41) is 1.17. The highest BCUT2D eigenvalue weighted by Crippen LogP contribution is 2.02. The Morgan fingerprint density at radius 3 is 2.50 bits per heavy atom. The number of hydrogen-bond acceptors (Lipinski definition) is 4. The zero-order chi connectivity index (χ0) is 14.3. The number of hydrogen-bond donors (Lipinski definition) is 1. The van der Waals surface area contributed by atoms with Crippen LogP contribution in [0.1, 0.15) is 11.1 Å². The average molecular weight is 289 g/mol. The van der Waals surface area contributed by atoms with Gasteiger partial charge in [-0.05, 0) is 23.6 Å². The molecule has 0 aliphatic rings. The number of sulfonamides is 1. The molecular formula is C14H15N3O2S. The Kier molecular flexibility index (Phi) is 4.97. The Labute approximate surface area is 118 Å². The first-order chi connectivity index (χ1) is 9.66. The van der Waals surface area contributed by atoms with Crippen molar-refractivity contribution < 1.29 is 8.42 Å². The van der Waals surface area contributed by atoms with E-state index in [1.807, 2.05) is 30.3 Å². The number of nitrogens with one attached hydrogen (secondary N) is 1. The lowest BCUT2D eigenvalue weighted by Crippen LogP contribution is -2.23. The van der Waals surface area contributed by atoms with Crippen molar-refractivity contribution in [2.45, 2.75) is 6.42 Å². The van der Waals surface area contributed by atoms with Gasteiger partial charge < -0.3 is 0 Å². The molecule has 2 rings (SSSR count). The van der Waals surface area contributed by atoms with Crippen LogP contribution >= 0.6 is 0 Å². The van der Waals surface area contributed by atoms with Crippen molar-refractivity contribution in [1.82, 2.24) is 14.7 Å². The van der Waals surface area contributed by atoms with E-state index in [4.69, 9.17) is 0 Å². The van der Waals surface area contributed by atoms with Gasteiger partial charge in [0.25, 0.3) is 0 Å². The largest absolute Gasteiger partial charge is 0.245 e. The summed E-state index contributed by atoms with van der Waals surface area (Å²) in [5.41, 5.74) is 1.73. The minimum atomic E-state index is -3.42. The number of benzene rings is 1. The molecular weight excluding hydrogens is 274 g/mol. The summed E-state index contributed by atoms with van der Waals surface area (Å²) in [6.07, 6.45) is 6.89. The third kappa shape index (κ3) is 4.91. The first-order valence-corrected chi connectivity index (χ1v) is 7.67. The van der Waals surface area contributed by atoms with Crippen LogP contribution in [0.5, 0.6) is 0 Å². The van der Waals surface area contributed by atoms with E-state index < -0.39 is 10.0 Å². The van der Waals surface area contributed by atoms with E-state index in [1.54, 1.807) is 18.5 Å². The summed E-state index contributed by atoms with van der Waals surface area (Å²) in [6.45, 7) is 0.314. The molecule has 2 aromatic rings. The van der Waals surface area contributed by atoms with Gasteiger partial charge in [-0.25, -0.2) is 23.1 Å². The van der Waals surface area contributed by atoms with Crippen molar-refractivity contribution in [3.8, 4) is 0 Å². The van der Waals surface area contributed by atoms with Gasteiger partial charge in [0.05, 0.1) is 0 Å². The molecule has 6 heteroatoms. The molecule has 20 heavy (non-hydrogen) atoms. The van der Waals surface area contributed by atoms with E-state index in [-0.39, 0.29) is 0 Å². The monoisotopic (exact) mass is 289 g/mol. The van der Waals surface area contributed by atoms with Crippen LogP contribution in [0.15, 0.2) is 54.5 Å². The maximum absolute atomic E-state index is 11.8. The van der Waals surface area contributed by atoms with Gasteiger partial charge in [0.2, 0.25) is 10.0 Å². The lowest BCUT2D eigenvalue weighted by molar-refractivity contribution is 0.591. The van der Waals surface area contributed by atoms with Gasteiger partial charge in [-0.15, -0.1) is 0 Å². The van der Waals surface area contributed by atoms with Crippen molar-refractivity contribution in [3.05, 3.63) is 65.6 Å². The highest BCUT2D eigenvalue weighted by atomic mass is 32.2. The second-order valence-electron chi connectivity index (χ2n) is 4.15. The molecule has 1 aromatic carbocycles. The lowest BCUT2D eigenvalue weighted by atomic mass is 10.2. The van der Waals surface area contributed by atoms with E-state index >= 15 is 0 Å². The van der Waals surface area contributed by atoms with Crippen LogP contribution in [-0.2, 0) is 16.4 Å². The highest BCUT2D eigenvalue weighted by molar-refractivity contribution is 7.92. The molecule has 0 aliphatic heterocycles. The Balaban J connectivity index is 1.87. The number of rotatable bonds is 6. The second kappa shape index (κ2) is 6.93. The van der Waals surface area contributed by atoms with Gasteiger partial charge in [0.1, 0.15) is 6.33 Å². The topological polar surface area (TPSA) is 72.0 Å².